The Morgan fingerprint density at radius 3 is 0.854 bits per heavy atom. The fourth-order valence-electron chi connectivity index (χ4n) is 11.6. The molecule has 1 aromatic heterocycles. The molecule has 82 heavy (non-hydrogen) atoms. The zero-order chi connectivity index (χ0) is 59.3. The Morgan fingerprint density at radius 2 is 0.610 bits per heavy atom. The number of hydrogen-bond acceptors (Lipinski definition) is 29. The van der Waals surface area contributed by atoms with Gasteiger partial charge in [0.1, 0.15) is 171 Å². The first-order chi connectivity index (χ1) is 39.0. The van der Waals surface area contributed by atoms with Gasteiger partial charge in [0.25, 0.3) is 0 Å². The van der Waals surface area contributed by atoms with E-state index in [9.17, 15) is 86.8 Å². The smallest absolute Gasteiger partial charge is 0.249 e. The summed E-state index contributed by atoms with van der Waals surface area (Å²) in [6, 6.07) is 5.98. The van der Waals surface area contributed by atoms with E-state index in [1.54, 1.807) is 23.3 Å². The van der Waals surface area contributed by atoms with Gasteiger partial charge in [-0.25, -0.2) is 9.13 Å². The van der Waals surface area contributed by atoms with Gasteiger partial charge in [-0.2, -0.15) is 0 Å². The van der Waals surface area contributed by atoms with Gasteiger partial charge < -0.3 is 144 Å². The SMILES string of the molecule is CC(C)c1cccc(C(C)C)c1-n1cc[n+](C[C@H]2O[C@@H]3O[C@H]4[C@H](O)[C@@H](O)[C@@H](O[C@H]5[C@H](O)[C@@H](O)[C@@H](O[C@H]6[C@H](O)[C@@H](O)[C@@H](O[C@H]7[C@H](O)[C@@H](O)[C@@H](O[C@H]8[C@H](O)[C@@H](O)[C@@H](O[C@H]2[C@H](O)[C@H]3O)O[C@@H]8CO)O[C@@H]7CO)O[C@@H]6CO)O[C@@H]5CO)O[C@@H]4CO)c1. The number of aromatic nitrogens is 2. The Hall–Kier alpha value is -2.73. The van der Waals surface area contributed by atoms with E-state index in [0.717, 1.165) is 16.8 Å². The predicted octanol–water partition coefficient (Wildman–Crippen LogP) is -9.02. The molecule has 0 aliphatic carbocycles. The van der Waals surface area contributed by atoms with Crippen LogP contribution >= 0.6 is 0 Å². The largest absolute Gasteiger partial charge is 0.394 e. The van der Waals surface area contributed by atoms with E-state index in [0.29, 0.717) is 0 Å². The maximum Gasteiger partial charge on any atom is 0.249 e. The third-order valence-electron chi connectivity index (χ3n) is 16.2. The number of nitrogens with zero attached hydrogens (tertiary/aromatic N) is 2. The molecule has 12 bridgehead atoms. The topological polar surface area (TPSA) is 463 Å². The molecule has 30 atom stereocenters. The zero-order valence-corrected chi connectivity index (χ0v) is 45.1. The van der Waals surface area contributed by atoms with Crippen molar-refractivity contribution < 1.29 is 148 Å². The van der Waals surface area contributed by atoms with Crippen molar-refractivity contribution in [2.75, 3.05) is 33.0 Å². The summed E-state index contributed by atoms with van der Waals surface area (Å²) in [5.41, 5.74) is 2.95. The number of imidazole rings is 1. The first kappa shape index (κ1) is 63.8. The summed E-state index contributed by atoms with van der Waals surface area (Å²) >= 11 is 0. The highest BCUT2D eigenvalue weighted by Crippen LogP contribution is 2.39. The Morgan fingerprint density at radius 1 is 0.366 bits per heavy atom. The Kier molecular flexibility index (Phi) is 20.8. The van der Waals surface area contributed by atoms with Crippen LogP contribution in [0.3, 0.4) is 0 Å². The lowest BCUT2D eigenvalue weighted by molar-refractivity contribution is -0.707. The van der Waals surface area contributed by atoms with Crippen LogP contribution in [0.4, 0.5) is 0 Å². The highest BCUT2D eigenvalue weighted by atomic mass is 16.8. The van der Waals surface area contributed by atoms with Crippen LogP contribution in [-0.4, -0.2) is 309 Å². The van der Waals surface area contributed by atoms with E-state index in [4.69, 9.17) is 56.8 Å². The van der Waals surface area contributed by atoms with Crippen LogP contribution in [0.2, 0.25) is 0 Å². The van der Waals surface area contributed by atoms with Gasteiger partial charge in [0.05, 0.1) is 33.0 Å². The summed E-state index contributed by atoms with van der Waals surface area (Å²) in [5.74, 6) is 0.188. The Balaban J connectivity index is 1.05. The molecule has 31 nitrogen and oxygen atoms in total. The molecule has 0 unspecified atom stereocenters. The summed E-state index contributed by atoms with van der Waals surface area (Å²) < 4.78 is 74.3. The summed E-state index contributed by atoms with van der Waals surface area (Å²) in [6.45, 7) is 2.99. The van der Waals surface area contributed by atoms with E-state index in [2.05, 4.69) is 0 Å². The Bertz CT molecular complexity index is 2320. The van der Waals surface area contributed by atoms with Gasteiger partial charge in [-0.15, -0.1) is 0 Å². The summed E-state index contributed by atoms with van der Waals surface area (Å²) in [7, 11) is 0. The monoisotopic (exact) mass is 1180 g/mol. The fourth-order valence-corrected chi connectivity index (χ4v) is 11.6. The van der Waals surface area contributed by atoms with Crippen LogP contribution in [0, 0.1) is 0 Å². The van der Waals surface area contributed by atoms with Gasteiger partial charge in [-0.1, -0.05) is 45.9 Å². The van der Waals surface area contributed by atoms with Crippen molar-refractivity contribution in [1.29, 1.82) is 0 Å². The minimum atomic E-state index is -2.15. The summed E-state index contributed by atoms with van der Waals surface area (Å²) in [4.78, 5) is 0. The zero-order valence-electron chi connectivity index (χ0n) is 45.1. The highest BCUT2D eigenvalue weighted by molar-refractivity contribution is 5.51. The van der Waals surface area contributed by atoms with Gasteiger partial charge in [-0.05, 0) is 11.8 Å². The normalized spacial score (nSPS) is 47.0. The minimum absolute atomic E-state index is 0.0941. The van der Waals surface area contributed by atoms with Gasteiger partial charge in [-0.3, -0.25) is 0 Å². The molecular weight excluding hydrogens is 1100 g/mol. The third kappa shape index (κ3) is 12.4. The molecule has 2 aromatic rings. The molecule has 466 valence electrons. The molecular formula is C51H79N2O29+. The molecule has 31 heteroatoms. The van der Waals surface area contributed by atoms with Crippen molar-refractivity contribution in [3.05, 3.63) is 48.0 Å². The van der Waals surface area contributed by atoms with Gasteiger partial charge >= 0.3 is 0 Å². The average molecular weight is 1180 g/mol. The second kappa shape index (κ2) is 26.7. The summed E-state index contributed by atoms with van der Waals surface area (Å²) in [6.07, 6.45) is -53.0. The predicted molar refractivity (Wildman–Crippen MR) is 263 cm³/mol. The first-order valence-electron chi connectivity index (χ1n) is 27.3. The molecule has 0 saturated carbocycles. The second-order valence-corrected chi connectivity index (χ2v) is 22.3. The molecule has 22 saturated heterocycles. The lowest BCUT2D eigenvalue weighted by Crippen LogP contribution is -2.69. The van der Waals surface area contributed by atoms with E-state index < -0.39 is 217 Å². The molecule has 0 spiro atoms. The molecule has 22 aliphatic heterocycles. The minimum Gasteiger partial charge on any atom is -0.394 e. The van der Waals surface area contributed by atoms with Crippen molar-refractivity contribution >= 4 is 0 Å². The summed E-state index contributed by atoms with van der Waals surface area (Å²) in [5, 5.41) is 191. The number of benzene rings is 1. The van der Waals surface area contributed by atoms with Crippen molar-refractivity contribution in [3.8, 4) is 5.69 Å². The number of para-hydroxylation sites is 1. The van der Waals surface area contributed by atoms with Gasteiger partial charge in [0.15, 0.2) is 37.7 Å². The number of ether oxygens (including phenoxy) is 12. The Labute approximate surface area is 468 Å². The quantitative estimate of drug-likeness (QED) is 0.0983. The van der Waals surface area contributed by atoms with E-state index in [1.165, 1.54) is 0 Å². The second-order valence-electron chi connectivity index (χ2n) is 22.3. The maximum atomic E-state index is 12.0. The molecule has 0 radical (unpaired) electrons. The van der Waals surface area contributed by atoms with E-state index in [1.807, 2.05) is 50.5 Å². The highest BCUT2D eigenvalue weighted by Gasteiger charge is 2.59. The molecule has 22 fully saturated rings. The standard InChI is InChI=1S/C51H79N2O29/c1-17(2)19-6-5-7-20(18(3)4)27(19)53-9-8-52(16-53)10-21-40-28(59)34(65)46(71-21)78-41-22(11-54)73-48(36(67)30(41)61)80-43-24(13-56)75-50(38(69)32(43)63)82-45-26(15-58)76-51(39(70)33(45)64)81-44-25(14-57)74-49(37(68)31(44)62)79-42-23(12-55)72-47(77-40)35(66)29(42)60/h5-9,16-18,21-26,28-51,54-70H,10-15H2,1-4H3/q+1/t21-,22-,23-,24-,25-,26-,28-,29-,30-,31-,32-,33-,34-,35-,36-,37-,38-,39-,40-,41-,42-,43-,44-,45-,46-,47-,48-,49-,50-,51-/m1/s1. The van der Waals surface area contributed by atoms with Gasteiger partial charge in [0, 0.05) is 11.1 Å². The molecule has 24 rings (SSSR count). The van der Waals surface area contributed by atoms with Crippen LogP contribution in [0.5, 0.6) is 0 Å². The molecule has 0 amide bonds. The van der Waals surface area contributed by atoms with Crippen LogP contribution in [0.15, 0.2) is 36.9 Å². The molecule has 23 heterocycles. The molecule has 1 aromatic carbocycles. The number of hydrogen-bond donors (Lipinski definition) is 17. The van der Waals surface area contributed by atoms with Crippen LogP contribution in [0.25, 0.3) is 5.69 Å². The van der Waals surface area contributed by atoms with Crippen molar-refractivity contribution in [2.24, 2.45) is 0 Å². The van der Waals surface area contributed by atoms with Crippen molar-refractivity contribution in [2.45, 2.75) is 230 Å². The molecule has 17 N–H and O–H groups in total. The number of aliphatic hydroxyl groups excluding tert-OH is 17. The fraction of sp³-hybridized carbons (Fsp3) is 0.824. The lowest BCUT2D eigenvalue weighted by Gasteiger charge is -2.50. The van der Waals surface area contributed by atoms with E-state index in [-0.39, 0.29) is 18.4 Å². The third-order valence-corrected chi connectivity index (χ3v) is 16.2. The van der Waals surface area contributed by atoms with Crippen LogP contribution < -0.4 is 4.57 Å². The van der Waals surface area contributed by atoms with Crippen LogP contribution in [0.1, 0.15) is 50.7 Å². The number of rotatable bonds is 10. The average Bonchev–Trinajstić information content (AvgIpc) is 3.95. The molecule has 22 aliphatic rings. The van der Waals surface area contributed by atoms with E-state index >= 15 is 0 Å². The van der Waals surface area contributed by atoms with Gasteiger partial charge in [0.2, 0.25) is 6.33 Å². The first-order valence-corrected chi connectivity index (χ1v) is 27.3. The number of aliphatic hydroxyl groups is 17. The maximum absolute atomic E-state index is 12.0. The lowest BCUT2D eigenvalue weighted by atomic mass is 9.92. The van der Waals surface area contributed by atoms with Crippen LogP contribution in [-0.2, 0) is 63.4 Å². The van der Waals surface area contributed by atoms with Crippen molar-refractivity contribution in [1.82, 2.24) is 4.57 Å². The van der Waals surface area contributed by atoms with Crippen molar-refractivity contribution in [3.63, 3.8) is 0 Å².